The number of carbonyl (C=O) groups excluding carboxylic acids is 1. The Balaban J connectivity index is 1.64. The number of piperazine rings is 1. The van der Waals surface area contributed by atoms with Crippen LogP contribution >= 0.6 is 0 Å². The summed E-state index contributed by atoms with van der Waals surface area (Å²) in [6, 6.07) is 9.54. The fraction of sp³-hybridized carbons (Fsp3) is 0.400. The van der Waals surface area contributed by atoms with Gasteiger partial charge < -0.3 is 9.74 Å². The van der Waals surface area contributed by atoms with E-state index in [1.807, 2.05) is 42.2 Å². The van der Waals surface area contributed by atoms with E-state index in [1.165, 1.54) is 10.9 Å². The van der Waals surface area contributed by atoms with Crippen molar-refractivity contribution in [3.05, 3.63) is 52.6 Å². The first kappa shape index (κ1) is 21.8. The van der Waals surface area contributed by atoms with E-state index in [1.54, 1.807) is 4.57 Å². The quantitative estimate of drug-likeness (QED) is 0.586. The van der Waals surface area contributed by atoms with Crippen molar-refractivity contribution >= 4 is 23.1 Å². The summed E-state index contributed by atoms with van der Waals surface area (Å²) >= 11 is 0. The molecule has 0 radical (unpaired) electrons. The van der Waals surface area contributed by atoms with E-state index in [0.29, 0.717) is 30.2 Å². The van der Waals surface area contributed by atoms with Crippen LogP contribution in [-0.2, 0) is 22.7 Å². The molecule has 0 unspecified atom stereocenters. The molecule has 170 valence electrons. The third-order valence-corrected chi connectivity index (χ3v) is 5.20. The largest absolute Gasteiger partial charge is 0.492 e. The Bertz CT molecular complexity index is 1170. The van der Waals surface area contributed by atoms with Crippen LogP contribution in [0.2, 0.25) is 0 Å². The van der Waals surface area contributed by atoms with Crippen LogP contribution in [0.1, 0.15) is 12.5 Å². The van der Waals surface area contributed by atoms with E-state index in [-0.39, 0.29) is 31.7 Å². The first-order valence-electron chi connectivity index (χ1n) is 10.1. The Morgan fingerprint density at radius 3 is 2.44 bits per heavy atom. The maximum Gasteiger partial charge on any atom is 0.492 e. The van der Waals surface area contributed by atoms with E-state index >= 15 is 0 Å². The summed E-state index contributed by atoms with van der Waals surface area (Å²) < 4.78 is 40.7. The van der Waals surface area contributed by atoms with Crippen LogP contribution in [0.5, 0.6) is 0 Å². The van der Waals surface area contributed by atoms with Gasteiger partial charge in [-0.25, -0.2) is 9.78 Å². The molecule has 0 aliphatic carbocycles. The normalized spacial score (nSPS) is 15.3. The molecule has 2 aromatic heterocycles. The van der Waals surface area contributed by atoms with Gasteiger partial charge in [-0.15, -0.1) is 5.06 Å². The Kier molecular flexibility index (Phi) is 5.87. The highest BCUT2D eigenvalue weighted by Crippen LogP contribution is 2.23. The number of aromatic nitrogens is 4. The average Bonchev–Trinajstić information content (AvgIpc) is 3.13. The molecule has 9 nitrogen and oxygen atoms in total. The number of benzene rings is 1. The summed E-state index contributed by atoms with van der Waals surface area (Å²) in [7, 11) is 0. The maximum absolute atomic E-state index is 13.0. The van der Waals surface area contributed by atoms with E-state index in [4.69, 9.17) is 0 Å². The highest BCUT2D eigenvalue weighted by Gasteiger charge is 2.43. The molecule has 0 N–H and O–H groups in total. The number of hydroxylamine groups is 2. The molecule has 12 heteroatoms. The standard InChI is InChI=1S/C20H21F3N6O3/c1-2-26-13-24-16-15(17(26)30)29(12-14-6-4-3-5-7-14)19(25-16)27-8-10-28(11-9-27)32-18(31)20(21,22)23/h3-7,13H,2,8-12H2,1H3. The molecule has 4 rings (SSSR count). The molecule has 1 aliphatic rings. The molecular formula is C20H21F3N6O3. The molecule has 0 saturated carbocycles. The fourth-order valence-electron chi connectivity index (χ4n) is 3.57. The summed E-state index contributed by atoms with van der Waals surface area (Å²) in [5.74, 6) is -1.75. The second kappa shape index (κ2) is 8.61. The summed E-state index contributed by atoms with van der Waals surface area (Å²) in [6.07, 6.45) is -3.60. The Morgan fingerprint density at radius 2 is 1.81 bits per heavy atom. The molecule has 3 aromatic rings. The summed E-state index contributed by atoms with van der Waals surface area (Å²) in [5, 5.41) is 0.985. The van der Waals surface area contributed by atoms with Crippen LogP contribution < -0.4 is 10.5 Å². The molecule has 32 heavy (non-hydrogen) atoms. The SMILES string of the molecule is CCn1cnc2nc(N3CCN(OC(=O)C(F)(F)F)CC3)n(Cc3ccccc3)c2c1=O. The van der Waals surface area contributed by atoms with Gasteiger partial charge in [0.2, 0.25) is 5.95 Å². The number of halogens is 3. The average molecular weight is 450 g/mol. The van der Waals surface area contributed by atoms with Crippen molar-refractivity contribution in [2.75, 3.05) is 31.1 Å². The van der Waals surface area contributed by atoms with Gasteiger partial charge in [0.15, 0.2) is 11.2 Å². The highest BCUT2D eigenvalue weighted by molar-refractivity contribution is 5.75. The number of alkyl halides is 3. The maximum atomic E-state index is 13.0. The lowest BCUT2D eigenvalue weighted by molar-refractivity contribution is -0.239. The van der Waals surface area contributed by atoms with Gasteiger partial charge in [-0.3, -0.25) is 13.9 Å². The zero-order chi connectivity index (χ0) is 22.9. The van der Waals surface area contributed by atoms with Gasteiger partial charge >= 0.3 is 12.1 Å². The van der Waals surface area contributed by atoms with E-state index in [2.05, 4.69) is 14.8 Å². The van der Waals surface area contributed by atoms with E-state index < -0.39 is 12.1 Å². The lowest BCUT2D eigenvalue weighted by atomic mass is 10.2. The summed E-state index contributed by atoms with van der Waals surface area (Å²) in [4.78, 5) is 39.2. The predicted molar refractivity (Wildman–Crippen MR) is 109 cm³/mol. The number of hydrogen-bond donors (Lipinski definition) is 0. The topological polar surface area (TPSA) is 85.5 Å². The van der Waals surface area contributed by atoms with Crippen LogP contribution in [0.3, 0.4) is 0 Å². The molecular weight excluding hydrogens is 429 g/mol. The van der Waals surface area contributed by atoms with Crippen molar-refractivity contribution < 1.29 is 22.8 Å². The number of carbonyl (C=O) groups is 1. The molecule has 0 amide bonds. The Morgan fingerprint density at radius 1 is 1.12 bits per heavy atom. The minimum Gasteiger partial charge on any atom is -0.361 e. The van der Waals surface area contributed by atoms with Crippen LogP contribution in [0, 0.1) is 0 Å². The number of imidazole rings is 1. The zero-order valence-corrected chi connectivity index (χ0v) is 17.2. The predicted octanol–water partition coefficient (Wildman–Crippen LogP) is 1.80. The Hall–Kier alpha value is -3.41. The van der Waals surface area contributed by atoms with Gasteiger partial charge in [-0.2, -0.15) is 18.2 Å². The number of fused-ring (bicyclic) bond motifs is 1. The van der Waals surface area contributed by atoms with Crippen molar-refractivity contribution in [2.45, 2.75) is 26.2 Å². The lowest BCUT2D eigenvalue weighted by Gasteiger charge is -2.34. The lowest BCUT2D eigenvalue weighted by Crippen LogP contribution is -2.49. The van der Waals surface area contributed by atoms with E-state index in [0.717, 1.165) is 10.6 Å². The van der Waals surface area contributed by atoms with Gasteiger partial charge in [-0.05, 0) is 12.5 Å². The number of nitrogens with zero attached hydrogens (tertiary/aromatic N) is 6. The number of rotatable bonds is 5. The zero-order valence-electron chi connectivity index (χ0n) is 17.2. The van der Waals surface area contributed by atoms with Crippen molar-refractivity contribution in [3.8, 4) is 0 Å². The summed E-state index contributed by atoms with van der Waals surface area (Å²) in [5.41, 5.74) is 1.40. The fourth-order valence-corrected chi connectivity index (χ4v) is 3.57. The first-order valence-corrected chi connectivity index (χ1v) is 10.1. The molecule has 1 aliphatic heterocycles. The molecule has 1 aromatic carbocycles. The van der Waals surface area contributed by atoms with Crippen LogP contribution in [0.4, 0.5) is 19.1 Å². The third kappa shape index (κ3) is 4.31. The third-order valence-electron chi connectivity index (χ3n) is 5.20. The van der Waals surface area contributed by atoms with Crippen molar-refractivity contribution in [1.82, 2.24) is 24.2 Å². The van der Waals surface area contributed by atoms with Crippen LogP contribution in [0.25, 0.3) is 11.2 Å². The number of hydrogen-bond acceptors (Lipinski definition) is 7. The van der Waals surface area contributed by atoms with Crippen molar-refractivity contribution in [1.29, 1.82) is 0 Å². The molecule has 3 heterocycles. The van der Waals surface area contributed by atoms with Crippen LogP contribution in [-0.4, -0.2) is 62.5 Å². The minimum atomic E-state index is -5.05. The highest BCUT2D eigenvalue weighted by atomic mass is 19.4. The number of aryl methyl sites for hydroxylation is 1. The van der Waals surface area contributed by atoms with Gasteiger partial charge in [0.1, 0.15) is 6.33 Å². The molecule has 0 spiro atoms. The molecule has 0 bridgehead atoms. The van der Waals surface area contributed by atoms with E-state index in [9.17, 15) is 22.8 Å². The first-order chi connectivity index (χ1) is 15.3. The smallest absolute Gasteiger partial charge is 0.361 e. The van der Waals surface area contributed by atoms with Gasteiger partial charge in [-0.1, -0.05) is 30.3 Å². The minimum absolute atomic E-state index is 0.0585. The Labute approximate surface area is 180 Å². The molecule has 1 saturated heterocycles. The summed E-state index contributed by atoms with van der Waals surface area (Å²) in [6.45, 7) is 3.30. The van der Waals surface area contributed by atoms with Gasteiger partial charge in [0, 0.05) is 19.6 Å². The monoisotopic (exact) mass is 450 g/mol. The molecule has 1 fully saturated rings. The second-order valence-corrected chi connectivity index (χ2v) is 7.28. The van der Waals surface area contributed by atoms with Crippen LogP contribution in [0.15, 0.2) is 41.5 Å². The second-order valence-electron chi connectivity index (χ2n) is 7.28. The van der Waals surface area contributed by atoms with Crippen molar-refractivity contribution in [3.63, 3.8) is 0 Å². The van der Waals surface area contributed by atoms with Gasteiger partial charge in [0.05, 0.1) is 19.6 Å². The number of anilines is 1. The van der Waals surface area contributed by atoms with Gasteiger partial charge in [0.25, 0.3) is 5.56 Å². The molecule has 0 atom stereocenters. The van der Waals surface area contributed by atoms with Crippen molar-refractivity contribution in [2.24, 2.45) is 0 Å².